The second-order valence-electron chi connectivity index (χ2n) is 3.57. The van der Waals surface area contributed by atoms with Crippen LogP contribution in [0.25, 0.3) is 0 Å². The Bertz CT molecular complexity index is 429. The largest absolute Gasteiger partial charge is 0.457 e. The maximum Gasteiger partial charge on any atom is 0.259 e. The van der Waals surface area contributed by atoms with Crippen molar-refractivity contribution < 1.29 is 14.0 Å². The Morgan fingerprint density at radius 2 is 2.44 bits per heavy atom. The van der Waals surface area contributed by atoms with Gasteiger partial charge in [0.15, 0.2) is 4.67 Å². The molecule has 1 fully saturated rings. The third-order valence-electron chi connectivity index (χ3n) is 2.61. The Hall–Kier alpha value is -1.30. The van der Waals surface area contributed by atoms with Crippen molar-refractivity contribution in [3.63, 3.8) is 0 Å². The van der Waals surface area contributed by atoms with Gasteiger partial charge in [0.05, 0.1) is 11.8 Å². The number of nitrogens with one attached hydrogen (secondary N) is 1. The monoisotopic (exact) mass is 286 g/mol. The SMILES string of the molecule is CC1C(=O)NCCN1C(=O)c1ccoc1Br. The van der Waals surface area contributed by atoms with Crippen LogP contribution < -0.4 is 5.32 Å². The molecule has 1 aliphatic rings. The highest BCUT2D eigenvalue weighted by molar-refractivity contribution is 9.10. The van der Waals surface area contributed by atoms with E-state index >= 15 is 0 Å². The van der Waals surface area contributed by atoms with Crippen LogP contribution in [0.5, 0.6) is 0 Å². The summed E-state index contributed by atoms with van der Waals surface area (Å²) < 4.78 is 5.41. The van der Waals surface area contributed by atoms with E-state index < -0.39 is 6.04 Å². The first-order valence-electron chi connectivity index (χ1n) is 4.93. The lowest BCUT2D eigenvalue weighted by Gasteiger charge is -2.32. The fourth-order valence-corrected chi connectivity index (χ4v) is 2.07. The Balaban J connectivity index is 2.22. The van der Waals surface area contributed by atoms with E-state index in [1.165, 1.54) is 11.2 Å². The van der Waals surface area contributed by atoms with Crippen LogP contribution in [0.4, 0.5) is 0 Å². The first-order valence-corrected chi connectivity index (χ1v) is 5.72. The van der Waals surface area contributed by atoms with Gasteiger partial charge in [-0.2, -0.15) is 0 Å². The molecule has 86 valence electrons. The molecule has 2 rings (SSSR count). The molecule has 1 unspecified atom stereocenters. The van der Waals surface area contributed by atoms with Gasteiger partial charge in [-0.1, -0.05) is 0 Å². The molecule has 0 bridgehead atoms. The van der Waals surface area contributed by atoms with Crippen molar-refractivity contribution in [2.75, 3.05) is 13.1 Å². The number of carbonyl (C=O) groups is 2. The summed E-state index contributed by atoms with van der Waals surface area (Å²) in [5.41, 5.74) is 0.446. The molecule has 0 spiro atoms. The highest BCUT2D eigenvalue weighted by Gasteiger charge is 2.31. The third kappa shape index (κ3) is 1.84. The highest BCUT2D eigenvalue weighted by atomic mass is 79.9. The molecular formula is C10H11BrN2O3. The minimum absolute atomic E-state index is 0.126. The molecule has 0 saturated carbocycles. The van der Waals surface area contributed by atoms with Crippen molar-refractivity contribution >= 4 is 27.7 Å². The average Bonchev–Trinajstić information content (AvgIpc) is 2.68. The van der Waals surface area contributed by atoms with Crippen LogP contribution in [-0.2, 0) is 4.79 Å². The van der Waals surface area contributed by atoms with Gasteiger partial charge in [0.1, 0.15) is 6.04 Å². The van der Waals surface area contributed by atoms with Crippen molar-refractivity contribution in [2.24, 2.45) is 0 Å². The van der Waals surface area contributed by atoms with E-state index in [0.717, 1.165) is 0 Å². The van der Waals surface area contributed by atoms with Crippen molar-refractivity contribution in [2.45, 2.75) is 13.0 Å². The van der Waals surface area contributed by atoms with Crippen molar-refractivity contribution in [1.82, 2.24) is 10.2 Å². The van der Waals surface area contributed by atoms with Crippen LogP contribution in [0, 0.1) is 0 Å². The van der Waals surface area contributed by atoms with Gasteiger partial charge < -0.3 is 14.6 Å². The van der Waals surface area contributed by atoms with Gasteiger partial charge in [0.2, 0.25) is 5.91 Å². The predicted molar refractivity (Wildman–Crippen MR) is 59.9 cm³/mol. The van der Waals surface area contributed by atoms with Gasteiger partial charge in [-0.25, -0.2) is 0 Å². The number of hydrogen-bond donors (Lipinski definition) is 1. The van der Waals surface area contributed by atoms with Gasteiger partial charge in [-0.05, 0) is 28.9 Å². The van der Waals surface area contributed by atoms with Crippen molar-refractivity contribution in [3.05, 3.63) is 22.6 Å². The van der Waals surface area contributed by atoms with E-state index in [1.54, 1.807) is 13.0 Å². The topological polar surface area (TPSA) is 62.6 Å². The van der Waals surface area contributed by atoms with Crippen molar-refractivity contribution in [3.8, 4) is 0 Å². The lowest BCUT2D eigenvalue weighted by Crippen LogP contribution is -2.55. The molecule has 16 heavy (non-hydrogen) atoms. The zero-order valence-electron chi connectivity index (χ0n) is 8.70. The minimum Gasteiger partial charge on any atom is -0.457 e. The van der Waals surface area contributed by atoms with Crippen LogP contribution >= 0.6 is 15.9 Å². The lowest BCUT2D eigenvalue weighted by atomic mass is 10.1. The lowest BCUT2D eigenvalue weighted by molar-refractivity contribution is -0.127. The average molecular weight is 287 g/mol. The maximum atomic E-state index is 12.1. The number of piperazine rings is 1. The molecule has 0 aromatic carbocycles. The zero-order chi connectivity index (χ0) is 11.7. The number of nitrogens with zero attached hydrogens (tertiary/aromatic N) is 1. The normalized spacial score (nSPS) is 20.8. The zero-order valence-corrected chi connectivity index (χ0v) is 10.3. The summed E-state index contributed by atoms with van der Waals surface area (Å²) >= 11 is 3.15. The molecule has 0 radical (unpaired) electrons. The molecule has 2 heterocycles. The van der Waals surface area contributed by atoms with E-state index in [1.807, 2.05) is 0 Å². The van der Waals surface area contributed by atoms with E-state index in [9.17, 15) is 9.59 Å². The summed E-state index contributed by atoms with van der Waals surface area (Å²) in [7, 11) is 0. The number of rotatable bonds is 1. The maximum absolute atomic E-state index is 12.1. The van der Waals surface area contributed by atoms with E-state index in [4.69, 9.17) is 4.42 Å². The van der Waals surface area contributed by atoms with E-state index in [-0.39, 0.29) is 11.8 Å². The molecule has 1 aliphatic heterocycles. The van der Waals surface area contributed by atoms with Gasteiger partial charge in [-0.3, -0.25) is 9.59 Å². The first-order chi connectivity index (χ1) is 7.61. The van der Waals surface area contributed by atoms with Gasteiger partial charge in [-0.15, -0.1) is 0 Å². The number of carbonyl (C=O) groups excluding carboxylic acids is 2. The molecule has 6 heteroatoms. The van der Waals surface area contributed by atoms with Crippen molar-refractivity contribution in [1.29, 1.82) is 0 Å². The number of halogens is 1. The molecule has 0 aliphatic carbocycles. The molecule has 1 atom stereocenters. The standard InChI is InChI=1S/C10H11BrN2O3/c1-6-9(14)12-3-4-13(6)10(15)7-2-5-16-8(7)11/h2,5-6H,3-4H2,1H3,(H,12,14). The molecule has 1 N–H and O–H groups in total. The van der Waals surface area contributed by atoms with Gasteiger partial charge in [0.25, 0.3) is 5.91 Å². The number of amides is 2. The second-order valence-corrected chi connectivity index (χ2v) is 4.29. The highest BCUT2D eigenvalue weighted by Crippen LogP contribution is 2.20. The summed E-state index contributed by atoms with van der Waals surface area (Å²) in [6.07, 6.45) is 1.44. The second kappa shape index (κ2) is 4.29. The third-order valence-corrected chi connectivity index (χ3v) is 3.22. The molecule has 1 aromatic heterocycles. The summed E-state index contributed by atoms with van der Waals surface area (Å²) in [5.74, 6) is -0.317. The van der Waals surface area contributed by atoms with Gasteiger partial charge >= 0.3 is 0 Å². The van der Waals surface area contributed by atoms with Crippen LogP contribution in [0.1, 0.15) is 17.3 Å². The number of hydrogen-bond acceptors (Lipinski definition) is 3. The van der Waals surface area contributed by atoms with Crippen LogP contribution in [0.2, 0.25) is 0 Å². The Kier molecular flexibility index (Phi) is 3.00. The summed E-state index contributed by atoms with van der Waals surface area (Å²) in [6, 6.07) is 1.15. The van der Waals surface area contributed by atoms with Gasteiger partial charge in [0, 0.05) is 13.1 Å². The summed E-state index contributed by atoms with van der Waals surface area (Å²) in [4.78, 5) is 25.1. The molecule has 1 saturated heterocycles. The Morgan fingerprint density at radius 1 is 1.69 bits per heavy atom. The Morgan fingerprint density at radius 3 is 3.06 bits per heavy atom. The molecule has 1 aromatic rings. The fraction of sp³-hybridized carbons (Fsp3) is 0.400. The van der Waals surface area contributed by atoms with Crippen LogP contribution in [0.3, 0.4) is 0 Å². The van der Waals surface area contributed by atoms with Crippen LogP contribution in [-0.4, -0.2) is 35.8 Å². The minimum atomic E-state index is -0.442. The summed E-state index contributed by atoms with van der Waals surface area (Å²) in [6.45, 7) is 2.72. The molecule has 2 amide bonds. The summed E-state index contributed by atoms with van der Waals surface area (Å²) in [5, 5.41) is 2.71. The van der Waals surface area contributed by atoms with Crippen LogP contribution in [0.15, 0.2) is 21.4 Å². The predicted octanol–water partition coefficient (Wildman–Crippen LogP) is 1.00. The first kappa shape index (κ1) is 11.2. The van der Waals surface area contributed by atoms with E-state index in [2.05, 4.69) is 21.2 Å². The fourth-order valence-electron chi connectivity index (χ4n) is 1.66. The smallest absolute Gasteiger partial charge is 0.259 e. The number of furan rings is 1. The molecular weight excluding hydrogens is 276 g/mol. The quantitative estimate of drug-likeness (QED) is 0.838. The Labute approximate surface area is 101 Å². The molecule has 5 nitrogen and oxygen atoms in total. The van der Waals surface area contributed by atoms with E-state index in [0.29, 0.717) is 23.3 Å².